The summed E-state index contributed by atoms with van der Waals surface area (Å²) in [6, 6.07) is 1.09. The summed E-state index contributed by atoms with van der Waals surface area (Å²) in [5.41, 5.74) is 2.18. The molecule has 0 aliphatic rings. The highest BCUT2D eigenvalue weighted by Gasteiger charge is 2.32. The summed E-state index contributed by atoms with van der Waals surface area (Å²) < 4.78 is 42.8. The zero-order valence-electron chi connectivity index (χ0n) is 11.5. The van der Waals surface area contributed by atoms with E-state index in [0.717, 1.165) is 0 Å². The predicted molar refractivity (Wildman–Crippen MR) is 66.7 cm³/mol. The van der Waals surface area contributed by atoms with E-state index in [9.17, 15) is 18.0 Å². The zero-order chi connectivity index (χ0) is 15.5. The average Bonchev–Trinajstić information content (AvgIpc) is 2.66. The third kappa shape index (κ3) is 4.53. The Morgan fingerprint density at radius 2 is 2.10 bits per heavy atom. The molecule has 0 unspecified atom stereocenters. The number of halogens is 3. The number of carbonyl (C=O) groups is 1. The Hall–Kier alpha value is -1.54. The Kier molecular flexibility index (Phi) is 5.18. The number of nitrogens with one attached hydrogen (secondary N) is 1. The van der Waals surface area contributed by atoms with Gasteiger partial charge in [0, 0.05) is 6.04 Å². The Bertz CT molecular complexity index is 469. The highest BCUT2D eigenvalue weighted by molar-refractivity contribution is 5.94. The molecule has 0 fully saturated rings. The molecule has 3 N–H and O–H groups in total. The van der Waals surface area contributed by atoms with Gasteiger partial charge in [0.05, 0.1) is 18.7 Å². The number of nitrogens with two attached hydrogens (primary N) is 1. The molecule has 0 aromatic carbocycles. The number of aryl methyl sites for hydroxylation is 1. The number of furan rings is 1. The van der Waals surface area contributed by atoms with Crippen molar-refractivity contribution in [2.24, 2.45) is 5.84 Å². The number of nitrogens with zero attached hydrogens (tertiary/aromatic N) is 1. The monoisotopic (exact) mass is 293 g/mol. The summed E-state index contributed by atoms with van der Waals surface area (Å²) in [6.45, 7) is 3.81. The molecule has 114 valence electrons. The van der Waals surface area contributed by atoms with Crippen molar-refractivity contribution in [3.63, 3.8) is 0 Å². The van der Waals surface area contributed by atoms with Crippen LogP contribution in [-0.4, -0.2) is 29.6 Å². The molecule has 0 atom stereocenters. The van der Waals surface area contributed by atoms with Crippen LogP contribution in [0, 0.1) is 6.92 Å². The number of carbonyl (C=O) groups excluding carboxylic acids is 1. The summed E-state index contributed by atoms with van der Waals surface area (Å²) in [5, 5.41) is 0. The third-order valence-corrected chi connectivity index (χ3v) is 2.82. The summed E-state index contributed by atoms with van der Waals surface area (Å²) in [5.74, 6) is 5.09. The van der Waals surface area contributed by atoms with E-state index in [2.05, 4.69) is 0 Å². The number of nitrogen functional groups attached to an aromatic ring is 1. The van der Waals surface area contributed by atoms with Crippen LogP contribution in [0.2, 0.25) is 0 Å². The van der Waals surface area contributed by atoms with E-state index in [4.69, 9.17) is 10.3 Å². The fourth-order valence-electron chi connectivity index (χ4n) is 1.78. The molecule has 0 spiro atoms. The molecule has 0 saturated carbocycles. The third-order valence-electron chi connectivity index (χ3n) is 2.82. The fraction of sp³-hybridized carbons (Fsp3) is 0.583. The van der Waals surface area contributed by atoms with E-state index in [0.29, 0.717) is 11.5 Å². The van der Waals surface area contributed by atoms with Crippen molar-refractivity contribution in [3.8, 4) is 0 Å². The molecule has 1 aromatic rings. The number of hydrazine groups is 1. The van der Waals surface area contributed by atoms with Crippen molar-refractivity contribution >= 4 is 5.91 Å². The molecule has 1 heterocycles. The Morgan fingerprint density at radius 3 is 2.55 bits per heavy atom. The van der Waals surface area contributed by atoms with E-state index in [1.54, 1.807) is 20.8 Å². The largest absolute Gasteiger partial charge is 0.464 e. The Morgan fingerprint density at radius 1 is 1.50 bits per heavy atom. The second kappa shape index (κ2) is 6.27. The quantitative estimate of drug-likeness (QED) is 0.494. The Balaban J connectivity index is 2.87. The molecule has 1 aromatic heterocycles. The predicted octanol–water partition coefficient (Wildman–Crippen LogP) is 1.96. The van der Waals surface area contributed by atoms with Crippen molar-refractivity contribution in [1.29, 1.82) is 0 Å². The summed E-state index contributed by atoms with van der Waals surface area (Å²) in [6.07, 6.45) is -4.29. The molecule has 8 heteroatoms. The van der Waals surface area contributed by atoms with E-state index >= 15 is 0 Å². The molecule has 0 bridgehead atoms. The van der Waals surface area contributed by atoms with Crippen molar-refractivity contribution in [2.45, 2.75) is 39.5 Å². The number of rotatable bonds is 5. The first-order chi connectivity index (χ1) is 9.14. The number of alkyl halides is 3. The average molecular weight is 293 g/mol. The lowest BCUT2D eigenvalue weighted by molar-refractivity contribution is -0.151. The summed E-state index contributed by atoms with van der Waals surface area (Å²) >= 11 is 0. The van der Waals surface area contributed by atoms with Crippen LogP contribution < -0.4 is 11.3 Å². The van der Waals surface area contributed by atoms with Crippen LogP contribution in [0.4, 0.5) is 13.2 Å². The van der Waals surface area contributed by atoms with Gasteiger partial charge in [-0.15, -0.1) is 0 Å². The lowest BCUT2D eigenvalue weighted by Crippen LogP contribution is -2.38. The molecule has 1 rings (SSSR count). The second-order valence-electron chi connectivity index (χ2n) is 4.77. The van der Waals surface area contributed by atoms with Gasteiger partial charge in [-0.1, -0.05) is 0 Å². The van der Waals surface area contributed by atoms with Gasteiger partial charge in [0.2, 0.25) is 0 Å². The smallest absolute Gasteiger partial charge is 0.401 e. The van der Waals surface area contributed by atoms with E-state index in [-0.39, 0.29) is 18.2 Å². The van der Waals surface area contributed by atoms with Crippen LogP contribution in [0.25, 0.3) is 0 Å². The standard InChI is InChI=1S/C12H18F3N3O2/c1-7(2)18(6-12(13,14)15)5-9-4-10(8(3)20-9)11(19)17-16/h4,7H,5-6,16H2,1-3H3,(H,17,19). The Labute approximate surface area is 114 Å². The van der Waals surface area contributed by atoms with Gasteiger partial charge < -0.3 is 4.42 Å². The first-order valence-corrected chi connectivity index (χ1v) is 6.05. The SMILES string of the molecule is Cc1oc(CN(CC(F)(F)F)C(C)C)cc1C(=O)NN. The van der Waals surface area contributed by atoms with Gasteiger partial charge in [-0.25, -0.2) is 5.84 Å². The first kappa shape index (κ1) is 16.5. The molecular formula is C12H18F3N3O2. The molecule has 1 amide bonds. The minimum atomic E-state index is -4.29. The van der Waals surface area contributed by atoms with Crippen molar-refractivity contribution in [1.82, 2.24) is 10.3 Å². The summed E-state index contributed by atoms with van der Waals surface area (Å²) in [7, 11) is 0. The number of hydrogen-bond acceptors (Lipinski definition) is 4. The van der Waals surface area contributed by atoms with Crippen LogP contribution in [0.5, 0.6) is 0 Å². The van der Waals surface area contributed by atoms with Crippen molar-refractivity contribution < 1.29 is 22.4 Å². The van der Waals surface area contributed by atoms with Crippen molar-refractivity contribution in [2.75, 3.05) is 6.54 Å². The maximum Gasteiger partial charge on any atom is 0.401 e. The number of hydrogen-bond donors (Lipinski definition) is 2. The number of amides is 1. The normalized spacial score (nSPS) is 12.2. The maximum atomic E-state index is 12.5. The highest BCUT2D eigenvalue weighted by atomic mass is 19.4. The molecule has 20 heavy (non-hydrogen) atoms. The van der Waals surface area contributed by atoms with Gasteiger partial charge in [-0.2, -0.15) is 13.2 Å². The molecule has 0 aliphatic carbocycles. The van der Waals surface area contributed by atoms with E-state index in [1.807, 2.05) is 5.43 Å². The summed E-state index contributed by atoms with van der Waals surface area (Å²) in [4.78, 5) is 12.6. The molecule has 0 saturated heterocycles. The lowest BCUT2D eigenvalue weighted by atomic mass is 10.2. The first-order valence-electron chi connectivity index (χ1n) is 6.05. The maximum absolute atomic E-state index is 12.5. The van der Waals surface area contributed by atoms with Gasteiger partial charge in [-0.05, 0) is 26.8 Å². The van der Waals surface area contributed by atoms with Crippen LogP contribution in [0.15, 0.2) is 10.5 Å². The lowest BCUT2D eigenvalue weighted by Gasteiger charge is -2.26. The molecular weight excluding hydrogens is 275 g/mol. The topological polar surface area (TPSA) is 71.5 Å². The van der Waals surface area contributed by atoms with Crippen molar-refractivity contribution in [3.05, 3.63) is 23.2 Å². The van der Waals surface area contributed by atoms with Gasteiger partial charge >= 0.3 is 6.18 Å². The van der Waals surface area contributed by atoms with Gasteiger partial charge in [0.1, 0.15) is 11.5 Å². The van der Waals surface area contributed by atoms with Gasteiger partial charge in [-0.3, -0.25) is 15.1 Å². The molecule has 0 radical (unpaired) electrons. The van der Waals surface area contributed by atoms with E-state index < -0.39 is 18.6 Å². The molecule has 5 nitrogen and oxygen atoms in total. The minimum Gasteiger partial charge on any atom is -0.464 e. The van der Waals surface area contributed by atoms with Crippen LogP contribution in [-0.2, 0) is 6.54 Å². The zero-order valence-corrected chi connectivity index (χ0v) is 11.5. The van der Waals surface area contributed by atoms with E-state index in [1.165, 1.54) is 11.0 Å². The van der Waals surface area contributed by atoms with Gasteiger partial charge in [0.25, 0.3) is 5.91 Å². The highest BCUT2D eigenvalue weighted by Crippen LogP contribution is 2.22. The fourth-order valence-corrected chi connectivity index (χ4v) is 1.78. The minimum absolute atomic E-state index is 0.0319. The van der Waals surface area contributed by atoms with Crippen LogP contribution in [0.3, 0.4) is 0 Å². The molecule has 0 aliphatic heterocycles. The van der Waals surface area contributed by atoms with Crippen LogP contribution in [0.1, 0.15) is 35.7 Å². The van der Waals surface area contributed by atoms with Gasteiger partial charge in [0.15, 0.2) is 0 Å². The second-order valence-corrected chi connectivity index (χ2v) is 4.77. The van der Waals surface area contributed by atoms with Crippen LogP contribution >= 0.6 is 0 Å².